The van der Waals surface area contributed by atoms with Gasteiger partial charge in [-0.05, 0) is 59.5 Å². The molecule has 2 N–H and O–H groups in total. The summed E-state index contributed by atoms with van der Waals surface area (Å²) in [6, 6.07) is 28.5. The van der Waals surface area contributed by atoms with Gasteiger partial charge in [-0.25, -0.2) is 9.69 Å². The lowest BCUT2D eigenvalue weighted by Gasteiger charge is -2.36. The highest BCUT2D eigenvalue weighted by molar-refractivity contribution is 6.24. The summed E-state index contributed by atoms with van der Waals surface area (Å²) in [6.07, 6.45) is 0.384. The summed E-state index contributed by atoms with van der Waals surface area (Å²) in [7, 11) is 1.60. The van der Waals surface area contributed by atoms with Gasteiger partial charge >= 0.3 is 6.03 Å². The number of hydrogen-bond acceptors (Lipinski definition) is 4. The standard InChI is InChI=1S/C35H30N4O4/c1-21-9-3-4-10-24(21)32-31-27(25-11-5-7-13-28(25)37-31)19-30-34(41)39(35(42)38(30)32)29-14-8-6-12-26(29)33(40)36-20-22-15-17-23(43-2)18-16-22/h3-18,30,32,37H,19-20H2,1-2H3,(H,36,40)/t30-,32?/m0/s1. The molecule has 0 saturated carbocycles. The van der Waals surface area contributed by atoms with Crippen molar-refractivity contribution in [2.24, 2.45) is 0 Å². The molecular formula is C35H30N4O4. The van der Waals surface area contributed by atoms with Crippen LogP contribution in [0.25, 0.3) is 10.9 Å². The Kier molecular flexibility index (Phi) is 6.46. The molecular weight excluding hydrogens is 540 g/mol. The lowest BCUT2D eigenvalue weighted by molar-refractivity contribution is -0.120. The topological polar surface area (TPSA) is 94.7 Å². The monoisotopic (exact) mass is 570 g/mol. The number of benzene rings is 4. The molecule has 2 atom stereocenters. The average molecular weight is 571 g/mol. The first-order chi connectivity index (χ1) is 21.0. The Hall–Kier alpha value is -5.37. The van der Waals surface area contributed by atoms with Crippen molar-refractivity contribution in [3.8, 4) is 5.75 Å². The lowest BCUT2D eigenvalue weighted by Crippen LogP contribution is -2.44. The number of nitrogens with zero attached hydrogens (tertiary/aromatic N) is 2. The highest BCUT2D eigenvalue weighted by atomic mass is 16.5. The minimum Gasteiger partial charge on any atom is -0.497 e. The van der Waals surface area contributed by atoms with Crippen LogP contribution in [-0.2, 0) is 17.8 Å². The molecule has 43 heavy (non-hydrogen) atoms. The van der Waals surface area contributed by atoms with Crippen molar-refractivity contribution in [2.45, 2.75) is 32.0 Å². The van der Waals surface area contributed by atoms with Crippen molar-refractivity contribution in [1.82, 2.24) is 15.2 Å². The van der Waals surface area contributed by atoms with Crippen LogP contribution in [0.15, 0.2) is 97.1 Å². The molecule has 1 saturated heterocycles. The van der Waals surface area contributed by atoms with Crippen molar-refractivity contribution < 1.29 is 19.1 Å². The van der Waals surface area contributed by atoms with E-state index in [9.17, 15) is 14.4 Å². The molecule has 2 aliphatic heterocycles. The normalized spacial score (nSPS) is 17.6. The van der Waals surface area contributed by atoms with E-state index in [4.69, 9.17) is 4.74 Å². The van der Waals surface area contributed by atoms with E-state index in [1.54, 1.807) is 36.3 Å². The first kappa shape index (κ1) is 26.5. The number of aromatic nitrogens is 1. The average Bonchev–Trinajstić information content (AvgIpc) is 3.53. The number of urea groups is 1. The molecule has 1 unspecified atom stereocenters. The molecule has 8 heteroatoms. The maximum Gasteiger partial charge on any atom is 0.332 e. The van der Waals surface area contributed by atoms with Crippen LogP contribution in [0, 0.1) is 6.92 Å². The Labute approximate surface area is 248 Å². The second kappa shape index (κ2) is 10.5. The molecule has 0 aliphatic carbocycles. The van der Waals surface area contributed by atoms with E-state index < -0.39 is 18.1 Å². The summed E-state index contributed by atoms with van der Waals surface area (Å²) in [5, 5.41) is 3.98. The quantitative estimate of drug-likeness (QED) is 0.249. The largest absolute Gasteiger partial charge is 0.497 e. The smallest absolute Gasteiger partial charge is 0.332 e. The van der Waals surface area contributed by atoms with E-state index in [2.05, 4.69) is 16.4 Å². The van der Waals surface area contributed by atoms with E-state index in [1.165, 1.54) is 4.90 Å². The number of fused-ring (bicyclic) bond motifs is 4. The molecule has 8 nitrogen and oxygen atoms in total. The number of amides is 4. The number of methoxy groups -OCH3 is 1. The Morgan fingerprint density at radius 3 is 2.44 bits per heavy atom. The number of anilines is 1. The predicted molar refractivity (Wildman–Crippen MR) is 164 cm³/mol. The van der Waals surface area contributed by atoms with Gasteiger partial charge in [0, 0.05) is 29.6 Å². The Balaban J connectivity index is 1.26. The van der Waals surface area contributed by atoms with Gasteiger partial charge in [0.2, 0.25) is 0 Å². The number of carbonyl (C=O) groups is 3. The first-order valence-electron chi connectivity index (χ1n) is 14.3. The van der Waals surface area contributed by atoms with Crippen LogP contribution >= 0.6 is 0 Å². The number of hydrogen-bond donors (Lipinski definition) is 2. The fourth-order valence-corrected chi connectivity index (χ4v) is 6.40. The number of aryl methyl sites for hydroxylation is 1. The zero-order valence-electron chi connectivity index (χ0n) is 23.8. The highest BCUT2D eigenvalue weighted by Gasteiger charge is 2.53. The highest BCUT2D eigenvalue weighted by Crippen LogP contribution is 2.45. The molecule has 4 aromatic carbocycles. The number of H-pyrrole nitrogens is 1. The first-order valence-corrected chi connectivity index (χ1v) is 14.3. The number of imide groups is 1. The third-order valence-corrected chi connectivity index (χ3v) is 8.53. The lowest BCUT2D eigenvalue weighted by atomic mass is 9.87. The molecule has 7 rings (SSSR count). The van der Waals surface area contributed by atoms with E-state index >= 15 is 0 Å². The van der Waals surface area contributed by atoms with Gasteiger partial charge in [-0.1, -0.05) is 66.7 Å². The predicted octanol–water partition coefficient (Wildman–Crippen LogP) is 5.90. The minimum atomic E-state index is -0.709. The number of aromatic amines is 1. The van der Waals surface area contributed by atoms with Crippen LogP contribution in [0.1, 0.15) is 44.3 Å². The van der Waals surface area contributed by atoms with Crippen LogP contribution in [0.4, 0.5) is 10.5 Å². The summed E-state index contributed by atoms with van der Waals surface area (Å²) < 4.78 is 5.21. The van der Waals surface area contributed by atoms with Crippen LogP contribution < -0.4 is 15.0 Å². The molecule has 5 aromatic rings. The Morgan fingerprint density at radius 2 is 1.65 bits per heavy atom. The second-order valence-electron chi connectivity index (χ2n) is 11.0. The van der Waals surface area contributed by atoms with Crippen molar-refractivity contribution in [3.05, 3.63) is 131 Å². The van der Waals surface area contributed by atoms with E-state index in [-0.39, 0.29) is 29.6 Å². The van der Waals surface area contributed by atoms with Gasteiger partial charge in [0.15, 0.2) is 0 Å². The Morgan fingerprint density at radius 1 is 0.930 bits per heavy atom. The van der Waals surface area contributed by atoms with Gasteiger partial charge in [0.25, 0.3) is 11.8 Å². The van der Waals surface area contributed by atoms with Gasteiger partial charge in [-0.15, -0.1) is 0 Å². The summed E-state index contributed by atoms with van der Waals surface area (Å²) in [4.78, 5) is 48.5. The third kappa shape index (κ3) is 4.34. The fourth-order valence-electron chi connectivity index (χ4n) is 6.40. The molecule has 2 aliphatic rings. The molecule has 0 radical (unpaired) electrons. The molecule has 4 amide bonds. The molecule has 0 spiro atoms. The van der Waals surface area contributed by atoms with Crippen molar-refractivity contribution in [1.29, 1.82) is 0 Å². The molecule has 3 heterocycles. The maximum atomic E-state index is 14.4. The SMILES string of the molecule is COc1ccc(CNC(=O)c2ccccc2N2C(=O)[C@@H]3Cc4c([nH]c5ccccc45)C(c4ccccc4C)N3C2=O)cc1. The van der Waals surface area contributed by atoms with E-state index in [0.29, 0.717) is 6.42 Å². The van der Waals surface area contributed by atoms with Crippen molar-refractivity contribution in [2.75, 3.05) is 12.0 Å². The van der Waals surface area contributed by atoms with Gasteiger partial charge in [-0.2, -0.15) is 0 Å². The zero-order chi connectivity index (χ0) is 29.7. The zero-order valence-corrected chi connectivity index (χ0v) is 23.8. The van der Waals surface area contributed by atoms with Crippen LogP contribution in [0.3, 0.4) is 0 Å². The molecule has 214 valence electrons. The van der Waals surface area contributed by atoms with Crippen LogP contribution in [-0.4, -0.2) is 40.9 Å². The Bertz CT molecular complexity index is 1890. The number of rotatable bonds is 6. The fraction of sp³-hybridized carbons (Fsp3) is 0.171. The number of carbonyl (C=O) groups excluding carboxylic acids is 3. The summed E-state index contributed by atoms with van der Waals surface area (Å²) >= 11 is 0. The number of ether oxygens (including phenoxy) is 1. The van der Waals surface area contributed by atoms with E-state index in [1.807, 2.05) is 73.7 Å². The van der Waals surface area contributed by atoms with Crippen molar-refractivity contribution >= 4 is 34.4 Å². The van der Waals surface area contributed by atoms with Crippen LogP contribution in [0.2, 0.25) is 0 Å². The third-order valence-electron chi connectivity index (χ3n) is 8.53. The van der Waals surface area contributed by atoms with Gasteiger partial charge in [0.05, 0.1) is 18.4 Å². The van der Waals surface area contributed by atoms with E-state index in [0.717, 1.165) is 44.6 Å². The number of nitrogens with one attached hydrogen (secondary N) is 2. The van der Waals surface area contributed by atoms with Crippen molar-refractivity contribution in [3.63, 3.8) is 0 Å². The summed E-state index contributed by atoms with van der Waals surface area (Å²) in [6.45, 7) is 2.30. The summed E-state index contributed by atoms with van der Waals surface area (Å²) in [5.74, 6) is 0.0181. The number of para-hydroxylation sites is 2. The van der Waals surface area contributed by atoms with Gasteiger partial charge < -0.3 is 15.0 Å². The van der Waals surface area contributed by atoms with Gasteiger partial charge in [-0.3, -0.25) is 14.5 Å². The second-order valence-corrected chi connectivity index (χ2v) is 11.0. The minimum absolute atomic E-state index is 0.258. The van der Waals surface area contributed by atoms with Gasteiger partial charge in [0.1, 0.15) is 17.8 Å². The van der Waals surface area contributed by atoms with Crippen LogP contribution in [0.5, 0.6) is 5.75 Å². The molecule has 0 bridgehead atoms. The summed E-state index contributed by atoms with van der Waals surface area (Å²) in [5.41, 5.74) is 6.33. The molecule has 1 fully saturated rings. The molecule has 1 aromatic heterocycles. The maximum absolute atomic E-state index is 14.4.